The Kier molecular flexibility index (Phi) is 4.02. The Morgan fingerprint density at radius 3 is 2.55 bits per heavy atom. The predicted octanol–water partition coefficient (Wildman–Crippen LogP) is 2.68. The number of hydrogen-bond acceptors (Lipinski definition) is 6. The van der Waals surface area contributed by atoms with E-state index in [-0.39, 0.29) is 17.1 Å². The maximum absolute atomic E-state index is 11.1. The molecule has 0 radical (unpaired) electrons. The van der Waals surface area contributed by atoms with E-state index in [9.17, 15) is 10.1 Å². The number of anilines is 1. The topological polar surface area (TPSA) is 99.7 Å². The summed E-state index contributed by atoms with van der Waals surface area (Å²) in [5.41, 5.74) is 2.23. The minimum atomic E-state index is -0.551. The van der Waals surface area contributed by atoms with E-state index in [4.69, 9.17) is 15.3 Å². The minimum Gasteiger partial charge on any atom is -0.497 e. The number of hydrogen-bond donors (Lipinski definition) is 2. The Morgan fingerprint density at radius 2 is 1.90 bits per heavy atom. The van der Waals surface area contributed by atoms with Crippen molar-refractivity contribution in [2.75, 3.05) is 12.5 Å². The van der Waals surface area contributed by atoms with Crippen molar-refractivity contribution in [3.8, 4) is 17.2 Å². The number of nitro groups is 1. The summed E-state index contributed by atoms with van der Waals surface area (Å²) in [4.78, 5) is 10.6. The standard InChI is InChI=1S/C13H13N3O4/c1-19-9-4-2-5-10(8-9)20-12-7-3-6-11(15-14)13(12)16(17)18/h2-8,15H,14H2,1H3. The van der Waals surface area contributed by atoms with E-state index in [0.717, 1.165) is 0 Å². The largest absolute Gasteiger partial charge is 0.497 e. The van der Waals surface area contributed by atoms with Crippen LogP contribution in [-0.2, 0) is 0 Å². The minimum absolute atomic E-state index is 0.0960. The Morgan fingerprint density at radius 1 is 1.20 bits per heavy atom. The van der Waals surface area contributed by atoms with Gasteiger partial charge in [-0.1, -0.05) is 12.1 Å². The zero-order valence-corrected chi connectivity index (χ0v) is 10.7. The first-order chi connectivity index (χ1) is 9.65. The third-order valence-electron chi connectivity index (χ3n) is 2.61. The summed E-state index contributed by atoms with van der Waals surface area (Å²) in [6, 6.07) is 11.4. The molecule has 0 aliphatic rings. The van der Waals surface area contributed by atoms with Crippen LogP contribution in [0, 0.1) is 10.1 Å². The van der Waals surface area contributed by atoms with Gasteiger partial charge < -0.3 is 14.9 Å². The van der Waals surface area contributed by atoms with Crippen molar-refractivity contribution in [1.29, 1.82) is 0 Å². The Bertz CT molecular complexity index is 631. The molecule has 2 rings (SSSR count). The lowest BCUT2D eigenvalue weighted by molar-refractivity contribution is -0.384. The van der Waals surface area contributed by atoms with Crippen LogP contribution in [0.3, 0.4) is 0 Å². The maximum Gasteiger partial charge on any atom is 0.335 e. The van der Waals surface area contributed by atoms with E-state index in [1.165, 1.54) is 19.2 Å². The summed E-state index contributed by atoms with van der Waals surface area (Å²) in [5, 5.41) is 11.1. The molecule has 0 aliphatic carbocycles. The third-order valence-corrected chi connectivity index (χ3v) is 2.61. The highest BCUT2D eigenvalue weighted by atomic mass is 16.6. The van der Waals surface area contributed by atoms with Crippen LogP contribution in [0.5, 0.6) is 17.2 Å². The molecular formula is C13H13N3O4. The van der Waals surface area contributed by atoms with Gasteiger partial charge in [0.05, 0.1) is 12.0 Å². The van der Waals surface area contributed by atoms with Crippen molar-refractivity contribution in [3.05, 3.63) is 52.6 Å². The number of methoxy groups -OCH3 is 1. The summed E-state index contributed by atoms with van der Waals surface area (Å²) in [6.07, 6.45) is 0. The average Bonchev–Trinajstić information content (AvgIpc) is 2.46. The van der Waals surface area contributed by atoms with Gasteiger partial charge in [-0.15, -0.1) is 0 Å². The molecule has 7 nitrogen and oxygen atoms in total. The molecule has 0 amide bonds. The summed E-state index contributed by atoms with van der Waals surface area (Å²) in [7, 11) is 1.53. The number of rotatable bonds is 5. The van der Waals surface area contributed by atoms with Crippen LogP contribution in [0.1, 0.15) is 0 Å². The molecule has 0 saturated heterocycles. The van der Waals surface area contributed by atoms with Crippen molar-refractivity contribution in [2.24, 2.45) is 5.84 Å². The van der Waals surface area contributed by atoms with Crippen LogP contribution >= 0.6 is 0 Å². The van der Waals surface area contributed by atoms with Gasteiger partial charge in [-0.25, -0.2) is 0 Å². The zero-order valence-electron chi connectivity index (χ0n) is 10.7. The molecular weight excluding hydrogens is 262 g/mol. The number of nitrogens with zero attached hydrogens (tertiary/aromatic N) is 1. The molecule has 0 bridgehead atoms. The molecule has 2 aromatic rings. The zero-order chi connectivity index (χ0) is 14.5. The van der Waals surface area contributed by atoms with E-state index in [0.29, 0.717) is 11.5 Å². The SMILES string of the molecule is COc1cccc(Oc2cccc(NN)c2[N+](=O)[O-])c1. The molecule has 2 aromatic carbocycles. The molecule has 0 saturated carbocycles. The molecule has 3 N–H and O–H groups in total. The first-order valence-electron chi connectivity index (χ1n) is 5.71. The van der Waals surface area contributed by atoms with Gasteiger partial charge in [0.2, 0.25) is 5.75 Å². The van der Waals surface area contributed by atoms with Crippen LogP contribution in [0.15, 0.2) is 42.5 Å². The lowest BCUT2D eigenvalue weighted by Gasteiger charge is -2.09. The predicted molar refractivity (Wildman–Crippen MR) is 74.0 cm³/mol. The van der Waals surface area contributed by atoms with Crippen LogP contribution < -0.4 is 20.7 Å². The van der Waals surface area contributed by atoms with Gasteiger partial charge >= 0.3 is 5.69 Å². The molecule has 0 aliphatic heterocycles. The maximum atomic E-state index is 11.1. The molecule has 0 spiro atoms. The van der Waals surface area contributed by atoms with E-state index >= 15 is 0 Å². The Labute approximate surface area is 115 Å². The van der Waals surface area contributed by atoms with E-state index in [1.807, 2.05) is 0 Å². The first kappa shape index (κ1) is 13.6. The summed E-state index contributed by atoms with van der Waals surface area (Å²) >= 11 is 0. The Hall–Kier alpha value is -2.80. The van der Waals surface area contributed by atoms with Crippen molar-refractivity contribution in [2.45, 2.75) is 0 Å². The summed E-state index contributed by atoms with van der Waals surface area (Å²) in [6.45, 7) is 0. The van der Waals surface area contributed by atoms with Crippen LogP contribution in [-0.4, -0.2) is 12.0 Å². The van der Waals surface area contributed by atoms with Gasteiger partial charge in [0, 0.05) is 6.07 Å². The molecule has 0 fully saturated rings. The second-order valence-electron chi connectivity index (χ2n) is 3.83. The number of para-hydroxylation sites is 1. The van der Waals surface area contributed by atoms with Gasteiger partial charge in [0.15, 0.2) is 0 Å². The lowest BCUT2D eigenvalue weighted by Crippen LogP contribution is -2.09. The van der Waals surface area contributed by atoms with Crippen molar-refractivity contribution in [1.82, 2.24) is 0 Å². The molecule has 7 heteroatoms. The van der Waals surface area contributed by atoms with Crippen molar-refractivity contribution in [3.63, 3.8) is 0 Å². The highest BCUT2D eigenvalue weighted by Crippen LogP contribution is 2.37. The fraction of sp³-hybridized carbons (Fsp3) is 0.0769. The highest BCUT2D eigenvalue weighted by Gasteiger charge is 2.21. The number of nitrogens with one attached hydrogen (secondary N) is 1. The highest BCUT2D eigenvalue weighted by molar-refractivity contribution is 5.68. The molecule has 0 heterocycles. The van der Waals surface area contributed by atoms with Gasteiger partial charge in [-0.2, -0.15) is 0 Å². The van der Waals surface area contributed by atoms with Gasteiger partial charge in [-0.05, 0) is 24.3 Å². The second kappa shape index (κ2) is 5.89. The fourth-order valence-electron chi connectivity index (χ4n) is 1.70. The first-order valence-corrected chi connectivity index (χ1v) is 5.71. The molecule has 0 atom stereocenters. The van der Waals surface area contributed by atoms with Crippen LogP contribution in [0.25, 0.3) is 0 Å². The fourth-order valence-corrected chi connectivity index (χ4v) is 1.70. The lowest BCUT2D eigenvalue weighted by atomic mass is 10.2. The third kappa shape index (κ3) is 2.78. The molecule has 0 aromatic heterocycles. The van der Waals surface area contributed by atoms with Gasteiger partial charge in [-0.3, -0.25) is 16.0 Å². The van der Waals surface area contributed by atoms with E-state index in [2.05, 4.69) is 5.43 Å². The number of nitro benzene ring substituents is 1. The summed E-state index contributed by atoms with van der Waals surface area (Å²) < 4.78 is 10.6. The molecule has 0 unspecified atom stereocenters. The normalized spacial score (nSPS) is 9.90. The van der Waals surface area contributed by atoms with E-state index in [1.54, 1.807) is 30.3 Å². The van der Waals surface area contributed by atoms with Gasteiger partial charge in [0.25, 0.3) is 0 Å². The molecule has 104 valence electrons. The summed E-state index contributed by atoms with van der Waals surface area (Å²) in [5.74, 6) is 6.39. The smallest absolute Gasteiger partial charge is 0.335 e. The number of nitrogen functional groups attached to an aromatic ring is 1. The quantitative estimate of drug-likeness (QED) is 0.494. The van der Waals surface area contributed by atoms with E-state index < -0.39 is 4.92 Å². The number of nitrogens with two attached hydrogens (primary N) is 1. The van der Waals surface area contributed by atoms with Gasteiger partial charge in [0.1, 0.15) is 17.2 Å². The van der Waals surface area contributed by atoms with Crippen molar-refractivity contribution >= 4 is 11.4 Å². The van der Waals surface area contributed by atoms with Crippen LogP contribution in [0.2, 0.25) is 0 Å². The Balaban J connectivity index is 2.40. The number of hydrazine groups is 1. The second-order valence-corrected chi connectivity index (χ2v) is 3.83. The average molecular weight is 275 g/mol. The number of ether oxygens (including phenoxy) is 2. The molecule has 20 heavy (non-hydrogen) atoms. The van der Waals surface area contributed by atoms with Crippen LogP contribution in [0.4, 0.5) is 11.4 Å². The monoisotopic (exact) mass is 275 g/mol. The number of benzene rings is 2. The van der Waals surface area contributed by atoms with Crippen molar-refractivity contribution < 1.29 is 14.4 Å².